The lowest BCUT2D eigenvalue weighted by Crippen LogP contribution is -2.46. The average Bonchev–Trinajstić information content (AvgIpc) is 2.46. The molecule has 126 valence electrons. The highest BCUT2D eigenvalue weighted by atomic mass is 16.6. The van der Waals surface area contributed by atoms with Crippen LogP contribution in [0.1, 0.15) is 49.5 Å². The van der Waals surface area contributed by atoms with Crippen LogP contribution in [0.15, 0.2) is 24.3 Å². The van der Waals surface area contributed by atoms with Gasteiger partial charge in [0.2, 0.25) is 0 Å². The number of hydrogen-bond acceptors (Lipinski definition) is 4. The Balaban J connectivity index is 2.02. The molecule has 1 aliphatic heterocycles. The number of hydrogen-bond donors (Lipinski definition) is 2. The number of rotatable bonds is 2. The standard InChI is InChI=1S/C17H23NO5/c1-16(2,3)23-15(21)18-10-8-17(22,9-11-18)13-6-4-12(5-7-13)14(19)20/h4-7,22H,8-11H2,1-3H3,(H,19,20). The Hall–Kier alpha value is -2.08. The van der Waals surface area contributed by atoms with E-state index in [2.05, 4.69) is 0 Å². The van der Waals surface area contributed by atoms with Gasteiger partial charge in [-0.3, -0.25) is 0 Å². The SMILES string of the molecule is CC(C)(C)OC(=O)N1CCC(O)(c2ccc(C(=O)O)cc2)CC1. The number of aliphatic hydroxyl groups is 1. The molecular formula is C17H23NO5. The van der Waals surface area contributed by atoms with Gasteiger partial charge in [-0.2, -0.15) is 0 Å². The molecule has 0 spiro atoms. The zero-order valence-corrected chi connectivity index (χ0v) is 13.7. The molecule has 0 bridgehead atoms. The van der Waals surface area contributed by atoms with Gasteiger partial charge in [0.05, 0.1) is 11.2 Å². The zero-order chi connectivity index (χ0) is 17.3. The molecule has 1 aliphatic rings. The topological polar surface area (TPSA) is 87.1 Å². The molecule has 0 atom stereocenters. The second kappa shape index (κ2) is 6.20. The fourth-order valence-electron chi connectivity index (χ4n) is 2.60. The molecule has 23 heavy (non-hydrogen) atoms. The first-order chi connectivity index (χ1) is 10.6. The first kappa shape index (κ1) is 17.3. The summed E-state index contributed by atoms with van der Waals surface area (Å²) in [6.45, 7) is 6.23. The summed E-state index contributed by atoms with van der Waals surface area (Å²) in [5.74, 6) is -0.997. The van der Waals surface area contributed by atoms with Crippen molar-refractivity contribution in [2.75, 3.05) is 13.1 Å². The number of carbonyl (C=O) groups is 2. The number of ether oxygens (including phenoxy) is 1. The van der Waals surface area contributed by atoms with E-state index in [1.54, 1.807) is 17.0 Å². The van der Waals surface area contributed by atoms with Crippen LogP contribution in [0, 0.1) is 0 Å². The van der Waals surface area contributed by atoms with E-state index in [0.29, 0.717) is 31.5 Å². The predicted octanol–water partition coefficient (Wildman–Crippen LogP) is 2.60. The predicted molar refractivity (Wildman–Crippen MR) is 84.3 cm³/mol. The third-order valence-corrected chi connectivity index (χ3v) is 3.91. The largest absolute Gasteiger partial charge is 0.478 e. The Labute approximate surface area is 135 Å². The molecule has 0 unspecified atom stereocenters. The highest BCUT2D eigenvalue weighted by Crippen LogP contribution is 2.33. The van der Waals surface area contributed by atoms with Crippen molar-refractivity contribution < 1.29 is 24.5 Å². The quantitative estimate of drug-likeness (QED) is 0.874. The number of aromatic carboxylic acids is 1. The summed E-state index contributed by atoms with van der Waals surface area (Å²) in [6.07, 6.45) is 0.401. The number of carboxylic acid groups (broad SMARTS) is 1. The van der Waals surface area contributed by atoms with Crippen molar-refractivity contribution >= 4 is 12.1 Å². The minimum Gasteiger partial charge on any atom is -0.478 e. The van der Waals surface area contributed by atoms with Gasteiger partial charge in [0, 0.05) is 13.1 Å². The number of nitrogens with zero attached hydrogens (tertiary/aromatic N) is 1. The fraction of sp³-hybridized carbons (Fsp3) is 0.529. The number of carboxylic acids is 1. The molecule has 2 N–H and O–H groups in total. The van der Waals surface area contributed by atoms with Crippen molar-refractivity contribution in [3.05, 3.63) is 35.4 Å². The maximum atomic E-state index is 12.0. The van der Waals surface area contributed by atoms with Crippen LogP contribution in [0.4, 0.5) is 4.79 Å². The molecule has 6 heteroatoms. The van der Waals surface area contributed by atoms with Crippen LogP contribution in [-0.2, 0) is 10.3 Å². The highest BCUT2D eigenvalue weighted by Gasteiger charge is 2.36. The smallest absolute Gasteiger partial charge is 0.410 e. The maximum Gasteiger partial charge on any atom is 0.410 e. The molecule has 0 aromatic heterocycles. The number of piperidine rings is 1. The Morgan fingerprint density at radius 1 is 1.13 bits per heavy atom. The van der Waals surface area contributed by atoms with Gasteiger partial charge in [0.15, 0.2) is 0 Å². The molecule has 1 aromatic carbocycles. The van der Waals surface area contributed by atoms with Gasteiger partial charge in [-0.1, -0.05) is 12.1 Å². The van der Waals surface area contributed by atoms with Crippen molar-refractivity contribution in [2.24, 2.45) is 0 Å². The minimum atomic E-state index is -1.05. The average molecular weight is 321 g/mol. The lowest BCUT2D eigenvalue weighted by atomic mass is 9.84. The molecular weight excluding hydrogens is 298 g/mol. The van der Waals surface area contributed by atoms with E-state index in [1.165, 1.54) is 12.1 Å². The van der Waals surface area contributed by atoms with Crippen LogP contribution in [-0.4, -0.2) is 45.9 Å². The molecule has 0 aliphatic carbocycles. The summed E-state index contributed by atoms with van der Waals surface area (Å²) in [5.41, 5.74) is -0.734. The number of likely N-dealkylation sites (tertiary alicyclic amines) is 1. The Kier molecular flexibility index (Phi) is 4.66. The van der Waals surface area contributed by atoms with Gasteiger partial charge in [-0.15, -0.1) is 0 Å². The molecule has 0 radical (unpaired) electrons. The van der Waals surface area contributed by atoms with Gasteiger partial charge >= 0.3 is 12.1 Å². The number of carbonyl (C=O) groups excluding carboxylic acids is 1. The van der Waals surface area contributed by atoms with E-state index < -0.39 is 17.2 Å². The van der Waals surface area contributed by atoms with Gasteiger partial charge < -0.3 is 19.8 Å². The number of amides is 1. The van der Waals surface area contributed by atoms with Crippen molar-refractivity contribution in [1.29, 1.82) is 0 Å². The molecule has 1 aromatic rings. The summed E-state index contributed by atoms with van der Waals surface area (Å²) in [7, 11) is 0. The van der Waals surface area contributed by atoms with Gasteiger partial charge in [-0.25, -0.2) is 9.59 Å². The van der Waals surface area contributed by atoms with Crippen molar-refractivity contribution in [1.82, 2.24) is 4.90 Å². The minimum absolute atomic E-state index is 0.184. The van der Waals surface area contributed by atoms with E-state index >= 15 is 0 Å². The molecule has 2 rings (SSSR count). The first-order valence-corrected chi connectivity index (χ1v) is 7.65. The van der Waals surface area contributed by atoms with E-state index in [9.17, 15) is 14.7 Å². The van der Waals surface area contributed by atoms with E-state index in [0.717, 1.165) is 0 Å². The lowest BCUT2D eigenvalue weighted by molar-refractivity contribution is -0.0356. The second-order valence-electron chi connectivity index (χ2n) is 6.88. The van der Waals surface area contributed by atoms with Crippen LogP contribution in [0.3, 0.4) is 0 Å². The van der Waals surface area contributed by atoms with Crippen LogP contribution in [0.25, 0.3) is 0 Å². The van der Waals surface area contributed by atoms with Gasteiger partial charge in [0.25, 0.3) is 0 Å². The summed E-state index contributed by atoms with van der Waals surface area (Å²) in [5, 5.41) is 19.7. The van der Waals surface area contributed by atoms with Gasteiger partial charge in [0.1, 0.15) is 5.60 Å². The van der Waals surface area contributed by atoms with Crippen molar-refractivity contribution in [3.63, 3.8) is 0 Å². The van der Waals surface area contributed by atoms with E-state index in [-0.39, 0.29) is 11.7 Å². The zero-order valence-electron chi connectivity index (χ0n) is 13.7. The summed E-state index contributed by atoms with van der Waals surface area (Å²) in [6, 6.07) is 6.23. The summed E-state index contributed by atoms with van der Waals surface area (Å²) < 4.78 is 5.33. The van der Waals surface area contributed by atoms with Crippen molar-refractivity contribution in [2.45, 2.75) is 44.8 Å². The highest BCUT2D eigenvalue weighted by molar-refractivity contribution is 5.87. The monoisotopic (exact) mass is 321 g/mol. The lowest BCUT2D eigenvalue weighted by Gasteiger charge is -2.39. The second-order valence-corrected chi connectivity index (χ2v) is 6.88. The van der Waals surface area contributed by atoms with E-state index in [4.69, 9.17) is 9.84 Å². The Morgan fingerprint density at radius 3 is 2.09 bits per heavy atom. The molecule has 1 amide bonds. The third-order valence-electron chi connectivity index (χ3n) is 3.91. The Bertz CT molecular complexity index is 580. The molecule has 1 fully saturated rings. The normalized spacial score (nSPS) is 17.7. The van der Waals surface area contributed by atoms with Gasteiger partial charge in [-0.05, 0) is 51.3 Å². The summed E-state index contributed by atoms with van der Waals surface area (Å²) >= 11 is 0. The van der Waals surface area contributed by atoms with Crippen molar-refractivity contribution in [3.8, 4) is 0 Å². The Morgan fingerprint density at radius 2 is 1.65 bits per heavy atom. The van der Waals surface area contributed by atoms with E-state index in [1.807, 2.05) is 20.8 Å². The fourth-order valence-corrected chi connectivity index (χ4v) is 2.60. The first-order valence-electron chi connectivity index (χ1n) is 7.65. The molecule has 1 heterocycles. The molecule has 1 saturated heterocycles. The maximum absolute atomic E-state index is 12.0. The molecule has 0 saturated carbocycles. The van der Waals surface area contributed by atoms with Crippen LogP contribution in [0.2, 0.25) is 0 Å². The molecule has 6 nitrogen and oxygen atoms in total. The third kappa shape index (κ3) is 4.22. The van der Waals surface area contributed by atoms with Crippen LogP contribution < -0.4 is 0 Å². The van der Waals surface area contributed by atoms with Crippen LogP contribution >= 0.6 is 0 Å². The van der Waals surface area contributed by atoms with Crippen LogP contribution in [0.5, 0.6) is 0 Å². The summed E-state index contributed by atoms with van der Waals surface area (Å²) in [4.78, 5) is 24.5. The number of benzene rings is 1.